The largest absolute Gasteiger partial charge is 0.491 e. The number of carbonyl (C=O) groups excluding carboxylic acids is 1. The Balaban J connectivity index is 1.87. The summed E-state index contributed by atoms with van der Waals surface area (Å²) in [5.41, 5.74) is 1.30. The van der Waals surface area contributed by atoms with Gasteiger partial charge < -0.3 is 14.6 Å². The average Bonchev–Trinajstić information content (AvgIpc) is 2.64. The number of fused-ring (bicyclic) bond motifs is 1. The molecule has 28 heavy (non-hydrogen) atoms. The summed E-state index contributed by atoms with van der Waals surface area (Å²) in [5.74, 6) is 0.419. The molecular formula is C22H23ClN2O3. The van der Waals surface area contributed by atoms with E-state index in [4.69, 9.17) is 16.3 Å². The van der Waals surface area contributed by atoms with Crippen molar-refractivity contribution in [3.05, 3.63) is 69.6 Å². The Bertz CT molecular complexity index is 1090. The van der Waals surface area contributed by atoms with Crippen LogP contribution in [0.3, 0.4) is 0 Å². The van der Waals surface area contributed by atoms with Crippen LogP contribution < -0.4 is 15.6 Å². The van der Waals surface area contributed by atoms with Crippen LogP contribution in [0.1, 0.15) is 32.4 Å². The molecule has 0 spiro atoms. The first kappa shape index (κ1) is 20.0. The number of pyridine rings is 1. The molecule has 6 heteroatoms. The van der Waals surface area contributed by atoms with E-state index >= 15 is 0 Å². The number of anilines is 1. The summed E-state index contributed by atoms with van der Waals surface area (Å²) in [6.07, 6.45) is 1.69. The van der Waals surface area contributed by atoms with E-state index in [0.29, 0.717) is 21.8 Å². The van der Waals surface area contributed by atoms with Gasteiger partial charge in [-0.15, -0.1) is 0 Å². The van der Waals surface area contributed by atoms with E-state index in [9.17, 15) is 9.59 Å². The Hall–Kier alpha value is -2.79. The zero-order valence-corrected chi connectivity index (χ0v) is 17.1. The normalized spacial score (nSPS) is 12.2. The van der Waals surface area contributed by atoms with Gasteiger partial charge in [-0.05, 0) is 75.0 Å². The number of nitrogens with one attached hydrogen (secondary N) is 1. The maximum absolute atomic E-state index is 12.9. The van der Waals surface area contributed by atoms with Crippen LogP contribution in [0.15, 0.2) is 53.5 Å². The number of amides is 1. The molecule has 3 aromatic rings. The van der Waals surface area contributed by atoms with E-state index in [1.165, 1.54) is 4.57 Å². The SMILES string of the molecule is Cc1ccc(NC(=O)C(C)n2ccc3cc(OC(C)C)ccc3c2=O)cc1Cl. The highest BCUT2D eigenvalue weighted by atomic mass is 35.5. The van der Waals surface area contributed by atoms with Crippen LogP contribution in [-0.4, -0.2) is 16.6 Å². The van der Waals surface area contributed by atoms with Gasteiger partial charge in [-0.1, -0.05) is 17.7 Å². The third-order valence-electron chi connectivity index (χ3n) is 4.51. The molecule has 0 aliphatic rings. The molecule has 2 aromatic carbocycles. The second kappa shape index (κ2) is 8.07. The van der Waals surface area contributed by atoms with Crippen molar-refractivity contribution in [3.8, 4) is 5.75 Å². The minimum Gasteiger partial charge on any atom is -0.491 e. The molecule has 0 aliphatic heterocycles. The van der Waals surface area contributed by atoms with Gasteiger partial charge in [0.2, 0.25) is 5.91 Å². The molecule has 1 unspecified atom stereocenters. The van der Waals surface area contributed by atoms with Crippen molar-refractivity contribution in [2.75, 3.05) is 5.32 Å². The molecule has 1 heterocycles. The standard InChI is InChI=1S/C22H23ClN2O3/c1-13(2)28-18-7-8-19-16(11-18)9-10-25(22(19)27)15(4)21(26)24-17-6-5-14(3)20(23)12-17/h5-13,15H,1-4H3,(H,24,26). The molecule has 1 atom stereocenters. The van der Waals surface area contributed by atoms with Gasteiger partial charge in [0.15, 0.2) is 0 Å². The van der Waals surface area contributed by atoms with Crippen LogP contribution in [0.5, 0.6) is 5.75 Å². The third kappa shape index (κ3) is 4.20. The molecule has 146 valence electrons. The van der Waals surface area contributed by atoms with Crippen molar-refractivity contribution >= 4 is 34.0 Å². The molecule has 0 bridgehead atoms. The molecule has 1 N–H and O–H groups in total. The van der Waals surface area contributed by atoms with Crippen LogP contribution in [0.2, 0.25) is 5.02 Å². The van der Waals surface area contributed by atoms with E-state index < -0.39 is 6.04 Å². The maximum Gasteiger partial charge on any atom is 0.259 e. The Morgan fingerprint density at radius 3 is 2.54 bits per heavy atom. The second-order valence-electron chi connectivity index (χ2n) is 7.07. The third-order valence-corrected chi connectivity index (χ3v) is 4.92. The summed E-state index contributed by atoms with van der Waals surface area (Å²) < 4.78 is 7.11. The lowest BCUT2D eigenvalue weighted by Crippen LogP contribution is -2.31. The van der Waals surface area contributed by atoms with E-state index in [1.807, 2.05) is 39.0 Å². The molecule has 0 saturated heterocycles. The van der Waals surface area contributed by atoms with Gasteiger partial charge in [0.05, 0.1) is 6.10 Å². The minimum absolute atomic E-state index is 0.0526. The van der Waals surface area contributed by atoms with Crippen LogP contribution >= 0.6 is 11.6 Å². The fourth-order valence-corrected chi connectivity index (χ4v) is 3.12. The molecule has 5 nitrogen and oxygen atoms in total. The van der Waals surface area contributed by atoms with Gasteiger partial charge in [-0.25, -0.2) is 0 Å². The summed E-state index contributed by atoms with van der Waals surface area (Å²) in [5, 5.41) is 4.70. The molecule has 1 amide bonds. The lowest BCUT2D eigenvalue weighted by atomic mass is 10.1. The fraction of sp³-hybridized carbons (Fsp3) is 0.273. The first-order valence-corrected chi connectivity index (χ1v) is 9.52. The molecule has 0 saturated carbocycles. The highest BCUT2D eigenvalue weighted by Gasteiger charge is 2.18. The van der Waals surface area contributed by atoms with E-state index in [0.717, 1.165) is 10.9 Å². The monoisotopic (exact) mass is 398 g/mol. The Labute approximate surface area is 168 Å². The van der Waals surface area contributed by atoms with Crippen molar-refractivity contribution in [3.63, 3.8) is 0 Å². The van der Waals surface area contributed by atoms with Crippen molar-refractivity contribution in [2.24, 2.45) is 0 Å². The molecule has 1 aromatic heterocycles. The maximum atomic E-state index is 12.9. The second-order valence-corrected chi connectivity index (χ2v) is 7.48. The topological polar surface area (TPSA) is 60.3 Å². The predicted molar refractivity (Wildman–Crippen MR) is 114 cm³/mol. The van der Waals surface area contributed by atoms with E-state index in [-0.39, 0.29) is 17.6 Å². The van der Waals surface area contributed by atoms with Crippen LogP contribution in [0.25, 0.3) is 10.8 Å². The van der Waals surface area contributed by atoms with Gasteiger partial charge in [-0.2, -0.15) is 0 Å². The molecule has 3 rings (SSSR count). The van der Waals surface area contributed by atoms with Gasteiger partial charge in [0.1, 0.15) is 11.8 Å². The molecule has 0 radical (unpaired) electrons. The Morgan fingerprint density at radius 1 is 1.11 bits per heavy atom. The molecular weight excluding hydrogens is 376 g/mol. The lowest BCUT2D eigenvalue weighted by Gasteiger charge is -2.17. The molecule has 0 aliphatic carbocycles. The number of ether oxygens (including phenoxy) is 1. The summed E-state index contributed by atoms with van der Waals surface area (Å²) in [4.78, 5) is 25.5. The highest BCUT2D eigenvalue weighted by molar-refractivity contribution is 6.31. The van der Waals surface area contributed by atoms with Crippen molar-refractivity contribution < 1.29 is 9.53 Å². The van der Waals surface area contributed by atoms with Crippen molar-refractivity contribution in [1.82, 2.24) is 4.57 Å². The van der Waals surface area contributed by atoms with E-state index in [1.54, 1.807) is 37.4 Å². The van der Waals surface area contributed by atoms with Crippen LogP contribution in [0, 0.1) is 6.92 Å². The Morgan fingerprint density at radius 2 is 1.86 bits per heavy atom. The summed E-state index contributed by atoms with van der Waals surface area (Å²) >= 11 is 6.11. The highest BCUT2D eigenvalue weighted by Crippen LogP contribution is 2.22. The average molecular weight is 399 g/mol. The minimum atomic E-state index is -0.677. The molecule has 0 fully saturated rings. The summed E-state index contributed by atoms with van der Waals surface area (Å²) in [7, 11) is 0. The zero-order valence-electron chi connectivity index (χ0n) is 16.3. The smallest absolute Gasteiger partial charge is 0.259 e. The van der Waals surface area contributed by atoms with Crippen LogP contribution in [-0.2, 0) is 4.79 Å². The number of carbonyl (C=O) groups is 1. The van der Waals surface area contributed by atoms with Gasteiger partial charge >= 0.3 is 0 Å². The number of hydrogen-bond donors (Lipinski definition) is 1. The number of hydrogen-bond acceptors (Lipinski definition) is 3. The number of halogens is 1. The van der Waals surface area contributed by atoms with Crippen molar-refractivity contribution in [1.29, 1.82) is 0 Å². The first-order valence-electron chi connectivity index (χ1n) is 9.15. The lowest BCUT2D eigenvalue weighted by molar-refractivity contribution is -0.118. The first-order chi connectivity index (χ1) is 13.3. The quantitative estimate of drug-likeness (QED) is 0.661. The Kier molecular flexibility index (Phi) is 5.75. The summed E-state index contributed by atoms with van der Waals surface area (Å²) in [6.45, 7) is 7.48. The van der Waals surface area contributed by atoms with Crippen molar-refractivity contribution in [2.45, 2.75) is 39.8 Å². The van der Waals surface area contributed by atoms with Gasteiger partial charge in [0, 0.05) is 22.3 Å². The number of rotatable bonds is 5. The number of benzene rings is 2. The number of nitrogens with zero attached hydrogens (tertiary/aromatic N) is 1. The zero-order chi connectivity index (χ0) is 20.4. The van der Waals surface area contributed by atoms with Gasteiger partial charge in [-0.3, -0.25) is 9.59 Å². The number of aryl methyl sites for hydroxylation is 1. The van der Waals surface area contributed by atoms with Crippen LogP contribution in [0.4, 0.5) is 5.69 Å². The number of aromatic nitrogens is 1. The fourth-order valence-electron chi connectivity index (χ4n) is 2.93. The predicted octanol–water partition coefficient (Wildman–Crippen LogP) is 4.95. The summed E-state index contributed by atoms with van der Waals surface area (Å²) in [6, 6.07) is 11.8. The van der Waals surface area contributed by atoms with Gasteiger partial charge in [0.25, 0.3) is 5.56 Å². The van der Waals surface area contributed by atoms with E-state index in [2.05, 4.69) is 5.32 Å².